The van der Waals surface area contributed by atoms with Crippen LogP contribution in [0.5, 0.6) is 0 Å². The Balaban J connectivity index is 1.60. The number of hydrogen-bond donors (Lipinski definition) is 2. The fraction of sp³-hybridized carbons (Fsp3) is 0.409. The van der Waals surface area contributed by atoms with E-state index in [1.54, 1.807) is 0 Å². The number of carbonyl (C=O) groups is 2. The van der Waals surface area contributed by atoms with Crippen molar-refractivity contribution in [2.24, 2.45) is 0 Å². The summed E-state index contributed by atoms with van der Waals surface area (Å²) in [5, 5.41) is 9.95. The van der Waals surface area contributed by atoms with E-state index in [9.17, 15) is 14.4 Å². The highest BCUT2D eigenvalue weighted by Crippen LogP contribution is 2.30. The van der Waals surface area contributed by atoms with Crippen LogP contribution in [-0.2, 0) is 22.5 Å². The minimum atomic E-state index is -0.565. The number of nitrogens with one attached hydrogen (secondary N) is 2. The van der Waals surface area contributed by atoms with Crippen LogP contribution >= 0.6 is 11.8 Å². The van der Waals surface area contributed by atoms with Gasteiger partial charge in [0.2, 0.25) is 5.91 Å². The lowest BCUT2D eigenvalue weighted by Crippen LogP contribution is -2.41. The molecule has 0 radical (unpaired) electrons. The van der Waals surface area contributed by atoms with Gasteiger partial charge in [0.25, 0.3) is 5.56 Å². The van der Waals surface area contributed by atoms with Gasteiger partial charge in [-0.3, -0.25) is 14.9 Å². The maximum absolute atomic E-state index is 13.2. The predicted octanol–water partition coefficient (Wildman–Crippen LogP) is 1.82. The van der Waals surface area contributed by atoms with Gasteiger partial charge in [-0.2, -0.15) is 4.68 Å². The Bertz CT molecular complexity index is 1160. The van der Waals surface area contributed by atoms with E-state index >= 15 is 0 Å². The van der Waals surface area contributed by atoms with Crippen LogP contribution in [0.4, 0.5) is 4.79 Å². The number of hydrogen-bond acceptors (Lipinski definition) is 7. The van der Waals surface area contributed by atoms with Crippen molar-refractivity contribution in [2.45, 2.75) is 37.4 Å². The number of carbonyl (C=O) groups excluding carboxylic acids is 2. The number of ether oxygens (including phenoxy) is 1. The summed E-state index contributed by atoms with van der Waals surface area (Å²) in [5.74, 6) is -0.0458. The lowest BCUT2D eigenvalue weighted by molar-refractivity contribution is -0.117. The predicted molar refractivity (Wildman–Crippen MR) is 124 cm³/mol. The van der Waals surface area contributed by atoms with E-state index in [1.807, 2.05) is 34.9 Å². The standard InChI is InChI=1S/C22H26N6O4S/c1-32-13-11-23-21(31)24-17(29)14-33-22-25-19-18(16-10-6-3-7-12-27(16)22)20(30)28(26-19)15-8-4-2-5-9-15/h2,4-5,8-9H,3,6-7,10-14H2,1H3,(H2,23,24,29,31). The van der Waals surface area contributed by atoms with Crippen molar-refractivity contribution in [1.82, 2.24) is 30.0 Å². The van der Waals surface area contributed by atoms with Gasteiger partial charge in [0.15, 0.2) is 11.0 Å². The third-order valence-electron chi connectivity index (χ3n) is 5.34. The van der Waals surface area contributed by atoms with Gasteiger partial charge in [-0.1, -0.05) is 36.4 Å². The van der Waals surface area contributed by atoms with Crippen LogP contribution in [0.2, 0.25) is 0 Å². The summed E-state index contributed by atoms with van der Waals surface area (Å²) in [7, 11) is 1.53. The zero-order valence-corrected chi connectivity index (χ0v) is 19.2. The zero-order chi connectivity index (χ0) is 23.2. The molecule has 0 aliphatic carbocycles. The normalized spacial score (nSPS) is 13.4. The number of rotatable bonds is 7. The Morgan fingerprint density at radius 2 is 2.00 bits per heavy atom. The van der Waals surface area contributed by atoms with Gasteiger partial charge in [0.1, 0.15) is 5.56 Å². The molecule has 0 bridgehead atoms. The van der Waals surface area contributed by atoms with Crippen LogP contribution in [0, 0.1) is 0 Å². The van der Waals surface area contributed by atoms with Crippen molar-refractivity contribution in [3.63, 3.8) is 0 Å². The molecular formula is C22H26N6O4S. The molecule has 4 rings (SSSR count). The van der Waals surface area contributed by atoms with Gasteiger partial charge < -0.3 is 14.6 Å². The molecule has 0 saturated heterocycles. The highest BCUT2D eigenvalue weighted by molar-refractivity contribution is 7.99. The van der Waals surface area contributed by atoms with Crippen molar-refractivity contribution < 1.29 is 14.3 Å². The van der Waals surface area contributed by atoms with E-state index < -0.39 is 11.9 Å². The summed E-state index contributed by atoms with van der Waals surface area (Å²) in [6, 6.07) is 8.69. The Labute approximate surface area is 195 Å². The maximum Gasteiger partial charge on any atom is 0.321 e. The monoisotopic (exact) mass is 470 g/mol. The molecule has 2 N–H and O–H groups in total. The second kappa shape index (κ2) is 10.6. The number of para-hydroxylation sites is 1. The lowest BCUT2D eigenvalue weighted by Gasteiger charge is -2.17. The molecular weight excluding hydrogens is 444 g/mol. The number of methoxy groups -OCH3 is 1. The Morgan fingerprint density at radius 3 is 2.79 bits per heavy atom. The number of aromatic nitrogens is 4. The molecule has 3 heterocycles. The molecule has 0 aromatic heterocycles. The van der Waals surface area contributed by atoms with Crippen molar-refractivity contribution in [3.8, 4) is 17.1 Å². The van der Waals surface area contributed by atoms with E-state index in [4.69, 9.17) is 4.74 Å². The third-order valence-corrected chi connectivity index (χ3v) is 6.32. The molecule has 3 aliphatic heterocycles. The number of amides is 3. The molecule has 0 spiro atoms. The molecule has 3 amide bonds. The summed E-state index contributed by atoms with van der Waals surface area (Å²) in [4.78, 5) is 42.0. The van der Waals surface area contributed by atoms with Gasteiger partial charge in [0, 0.05) is 25.9 Å². The molecule has 0 unspecified atom stereocenters. The average Bonchev–Trinajstić information content (AvgIpc) is 2.98. The average molecular weight is 471 g/mol. The highest BCUT2D eigenvalue weighted by atomic mass is 32.2. The summed E-state index contributed by atoms with van der Waals surface area (Å²) in [6.07, 6.45) is 3.74. The first-order valence-corrected chi connectivity index (χ1v) is 11.8. The third kappa shape index (κ3) is 5.25. The summed E-state index contributed by atoms with van der Waals surface area (Å²) in [6.45, 7) is 1.39. The van der Waals surface area contributed by atoms with E-state index in [0.29, 0.717) is 35.4 Å². The first kappa shape index (κ1) is 23.0. The molecule has 1 aromatic carbocycles. The van der Waals surface area contributed by atoms with Crippen molar-refractivity contribution in [3.05, 3.63) is 46.4 Å². The second-order valence-corrected chi connectivity index (χ2v) is 8.58. The maximum atomic E-state index is 13.2. The first-order valence-electron chi connectivity index (χ1n) is 10.9. The van der Waals surface area contributed by atoms with Crippen molar-refractivity contribution >= 4 is 23.7 Å². The number of thioether (sulfide) groups is 1. The molecule has 10 nitrogen and oxygen atoms in total. The van der Waals surface area contributed by atoms with E-state index in [-0.39, 0.29) is 11.3 Å². The SMILES string of the molecule is COCCNC(=O)NC(=O)CSc1nc2nn(-c3ccccc3)c(=O)c-2c2n1CCCCC2. The number of fused-ring (bicyclic) bond motifs is 3. The molecule has 0 atom stereocenters. The summed E-state index contributed by atoms with van der Waals surface area (Å²) >= 11 is 1.23. The van der Waals surface area contributed by atoms with Gasteiger partial charge in [0.05, 0.1) is 18.0 Å². The van der Waals surface area contributed by atoms with Gasteiger partial charge in [-0.15, -0.1) is 5.10 Å². The van der Waals surface area contributed by atoms with Crippen LogP contribution in [0.3, 0.4) is 0 Å². The summed E-state index contributed by atoms with van der Waals surface area (Å²) < 4.78 is 8.28. The second-order valence-electron chi connectivity index (χ2n) is 7.64. The number of urea groups is 1. The number of benzene rings is 1. The number of imide groups is 1. The number of nitrogens with zero attached hydrogens (tertiary/aromatic N) is 4. The minimum absolute atomic E-state index is 0.0132. The van der Waals surface area contributed by atoms with Gasteiger partial charge >= 0.3 is 6.03 Å². The first-order chi connectivity index (χ1) is 16.1. The largest absolute Gasteiger partial charge is 0.383 e. The van der Waals surface area contributed by atoms with Crippen LogP contribution in [0.1, 0.15) is 25.0 Å². The van der Waals surface area contributed by atoms with E-state index in [0.717, 1.165) is 37.9 Å². The molecule has 0 fully saturated rings. The van der Waals surface area contributed by atoms with Gasteiger partial charge in [-0.05, 0) is 31.4 Å². The smallest absolute Gasteiger partial charge is 0.321 e. The Morgan fingerprint density at radius 1 is 1.18 bits per heavy atom. The molecule has 11 heteroatoms. The van der Waals surface area contributed by atoms with Crippen LogP contribution in [-0.4, -0.2) is 57.3 Å². The van der Waals surface area contributed by atoms with Crippen LogP contribution < -0.4 is 16.2 Å². The lowest BCUT2D eigenvalue weighted by atomic mass is 10.1. The Kier molecular flexibility index (Phi) is 7.40. The van der Waals surface area contributed by atoms with Gasteiger partial charge in [-0.25, -0.2) is 9.78 Å². The van der Waals surface area contributed by atoms with Crippen molar-refractivity contribution in [2.75, 3.05) is 26.0 Å². The highest BCUT2D eigenvalue weighted by Gasteiger charge is 2.27. The van der Waals surface area contributed by atoms with Crippen LogP contribution in [0.25, 0.3) is 17.1 Å². The molecule has 0 saturated carbocycles. The quantitative estimate of drug-likeness (QED) is 0.307. The van der Waals surface area contributed by atoms with E-state index in [1.165, 1.54) is 23.6 Å². The minimum Gasteiger partial charge on any atom is -0.383 e. The fourth-order valence-corrected chi connectivity index (χ4v) is 4.65. The van der Waals surface area contributed by atoms with Crippen LogP contribution in [0.15, 0.2) is 40.3 Å². The topological polar surface area (TPSA) is 120 Å². The zero-order valence-electron chi connectivity index (χ0n) is 18.4. The molecule has 1 aromatic rings. The Hall–Kier alpha value is -3.18. The molecule has 3 aliphatic rings. The van der Waals surface area contributed by atoms with Crippen molar-refractivity contribution in [1.29, 1.82) is 0 Å². The molecule has 174 valence electrons. The summed E-state index contributed by atoms with van der Waals surface area (Å²) in [5.41, 5.74) is 1.94. The fourth-order valence-electron chi connectivity index (χ4n) is 3.81. The molecule has 33 heavy (non-hydrogen) atoms. The van der Waals surface area contributed by atoms with E-state index in [2.05, 4.69) is 20.7 Å².